The molecule has 1 aliphatic heterocycles. The first-order valence-electron chi connectivity index (χ1n) is 9.68. The molecule has 0 atom stereocenters. The minimum atomic E-state index is -0.248. The second-order valence-electron chi connectivity index (χ2n) is 7.10. The van der Waals surface area contributed by atoms with E-state index >= 15 is 0 Å². The number of piperidine rings is 1. The molecule has 0 unspecified atom stereocenters. The average Bonchev–Trinajstić information content (AvgIpc) is 3.15. The van der Waals surface area contributed by atoms with Crippen LogP contribution in [0.15, 0.2) is 40.9 Å². The molecule has 3 aromatic rings. The molecule has 28 heavy (non-hydrogen) atoms. The third-order valence-electron chi connectivity index (χ3n) is 5.31. The fraction of sp³-hybridized carbons (Fsp3) is 0.409. The van der Waals surface area contributed by atoms with Crippen molar-refractivity contribution in [2.45, 2.75) is 25.2 Å². The molecule has 0 aliphatic carbocycles. The molecular formula is C22H24FN2O3. The maximum Gasteiger partial charge on any atom is 0.161 e. The Labute approximate surface area is 164 Å². The van der Waals surface area contributed by atoms with E-state index in [0.29, 0.717) is 18.3 Å². The number of hydrogen-bond acceptors (Lipinski definition) is 5. The van der Waals surface area contributed by atoms with Gasteiger partial charge in [0, 0.05) is 17.8 Å². The molecular weight excluding hydrogens is 359 g/mol. The smallest absolute Gasteiger partial charge is 0.161 e. The number of hydrogen-bond donors (Lipinski definition) is 0. The minimum absolute atomic E-state index is 0.248. The van der Waals surface area contributed by atoms with Crippen LogP contribution in [0.2, 0.25) is 0 Å². The molecule has 1 aromatic heterocycles. The van der Waals surface area contributed by atoms with Crippen molar-refractivity contribution in [3.8, 4) is 11.5 Å². The largest absolute Gasteiger partial charge is 0.493 e. The summed E-state index contributed by atoms with van der Waals surface area (Å²) in [7, 11) is 1.63. The molecule has 1 radical (unpaired) electrons. The van der Waals surface area contributed by atoms with E-state index in [9.17, 15) is 4.39 Å². The predicted molar refractivity (Wildman–Crippen MR) is 104 cm³/mol. The zero-order chi connectivity index (χ0) is 19.3. The Hall–Kier alpha value is -2.60. The lowest BCUT2D eigenvalue weighted by atomic mass is 9.92. The zero-order valence-corrected chi connectivity index (χ0v) is 16.0. The number of nitrogens with zero attached hydrogens (tertiary/aromatic N) is 2. The number of benzene rings is 2. The Kier molecular flexibility index (Phi) is 5.76. The summed E-state index contributed by atoms with van der Waals surface area (Å²) >= 11 is 0. The first kappa shape index (κ1) is 18.7. The van der Waals surface area contributed by atoms with E-state index < -0.39 is 0 Å². The number of likely N-dealkylation sites (tertiary alicyclic amines) is 1. The van der Waals surface area contributed by atoms with Crippen molar-refractivity contribution in [2.75, 3.05) is 33.4 Å². The standard InChI is InChI=1S/C22H24FN2O3/c1-26-20-5-2-3-6-21(20)27-14-4-11-25-12-9-16(10-13-25)22-18-15-17(23)7-8-19(18)24-28-22/h3,5-8,15-16H,4,9-14H2,1H3. The van der Waals surface area contributed by atoms with Crippen LogP contribution in [0.4, 0.5) is 4.39 Å². The summed E-state index contributed by atoms with van der Waals surface area (Å²) in [6.07, 6.45) is 2.93. The van der Waals surface area contributed by atoms with Crippen LogP contribution in [0.5, 0.6) is 11.5 Å². The van der Waals surface area contributed by atoms with E-state index in [2.05, 4.69) is 16.1 Å². The average molecular weight is 383 g/mol. The van der Waals surface area contributed by atoms with Gasteiger partial charge in [-0.15, -0.1) is 0 Å². The fourth-order valence-electron chi connectivity index (χ4n) is 3.80. The highest BCUT2D eigenvalue weighted by atomic mass is 19.1. The molecule has 1 fully saturated rings. The van der Waals surface area contributed by atoms with Gasteiger partial charge in [0.1, 0.15) is 17.1 Å². The van der Waals surface area contributed by atoms with Crippen molar-refractivity contribution in [1.82, 2.24) is 10.1 Å². The fourth-order valence-corrected chi connectivity index (χ4v) is 3.80. The van der Waals surface area contributed by atoms with Crippen LogP contribution in [0.1, 0.15) is 30.9 Å². The topological polar surface area (TPSA) is 47.7 Å². The Bertz CT molecular complexity index is 919. The van der Waals surface area contributed by atoms with Crippen LogP contribution in [0.3, 0.4) is 0 Å². The molecule has 1 aliphatic rings. The lowest BCUT2D eigenvalue weighted by Crippen LogP contribution is -2.34. The summed E-state index contributed by atoms with van der Waals surface area (Å²) in [6, 6.07) is 13.1. The number of halogens is 1. The molecule has 147 valence electrons. The van der Waals surface area contributed by atoms with E-state index in [-0.39, 0.29) is 5.82 Å². The van der Waals surface area contributed by atoms with Gasteiger partial charge in [-0.3, -0.25) is 0 Å². The normalized spacial score (nSPS) is 15.8. The van der Waals surface area contributed by atoms with Gasteiger partial charge in [-0.1, -0.05) is 11.2 Å². The van der Waals surface area contributed by atoms with Crippen LogP contribution in [0, 0.1) is 11.9 Å². The molecule has 2 heterocycles. The Morgan fingerprint density at radius 2 is 2.11 bits per heavy atom. The zero-order valence-electron chi connectivity index (χ0n) is 16.0. The van der Waals surface area contributed by atoms with E-state index in [1.807, 2.05) is 12.1 Å². The maximum absolute atomic E-state index is 13.6. The van der Waals surface area contributed by atoms with Crippen LogP contribution < -0.4 is 9.47 Å². The van der Waals surface area contributed by atoms with Crippen molar-refractivity contribution in [1.29, 1.82) is 0 Å². The Balaban J connectivity index is 1.25. The van der Waals surface area contributed by atoms with E-state index in [1.165, 1.54) is 12.1 Å². The van der Waals surface area contributed by atoms with E-state index in [1.54, 1.807) is 19.2 Å². The first-order chi connectivity index (χ1) is 13.7. The SMILES string of the molecule is COc1c[c]ccc1OCCCN1CCC(c2onc3ccc(F)cc23)CC1. The number of fused-ring (bicyclic) bond motifs is 1. The van der Waals surface area contributed by atoms with Gasteiger partial charge in [0.05, 0.1) is 13.7 Å². The van der Waals surface area contributed by atoms with E-state index in [0.717, 1.165) is 61.3 Å². The highest BCUT2D eigenvalue weighted by molar-refractivity contribution is 5.80. The lowest BCUT2D eigenvalue weighted by molar-refractivity contribution is 0.181. The second-order valence-corrected chi connectivity index (χ2v) is 7.10. The molecule has 1 saturated heterocycles. The first-order valence-corrected chi connectivity index (χ1v) is 9.68. The minimum Gasteiger partial charge on any atom is -0.493 e. The third kappa shape index (κ3) is 4.12. The van der Waals surface area contributed by atoms with Crippen molar-refractivity contribution in [2.24, 2.45) is 0 Å². The molecule has 2 aromatic carbocycles. The van der Waals surface area contributed by atoms with Crippen molar-refractivity contribution < 1.29 is 18.4 Å². The van der Waals surface area contributed by atoms with Gasteiger partial charge >= 0.3 is 0 Å². The summed E-state index contributed by atoms with van der Waals surface area (Å²) in [5.74, 6) is 2.33. The van der Waals surface area contributed by atoms with Gasteiger partial charge in [0.15, 0.2) is 11.5 Å². The number of rotatable bonds is 7. The van der Waals surface area contributed by atoms with Gasteiger partial charge in [-0.2, -0.15) is 0 Å². The second kappa shape index (κ2) is 8.61. The quantitative estimate of drug-likeness (QED) is 0.565. The third-order valence-corrected chi connectivity index (χ3v) is 5.31. The highest BCUT2D eigenvalue weighted by Gasteiger charge is 2.25. The molecule has 0 amide bonds. The Morgan fingerprint density at radius 1 is 1.25 bits per heavy atom. The monoisotopic (exact) mass is 383 g/mol. The summed E-state index contributed by atoms with van der Waals surface area (Å²) in [6.45, 7) is 3.61. The van der Waals surface area contributed by atoms with Crippen LogP contribution >= 0.6 is 0 Å². The van der Waals surface area contributed by atoms with Crippen molar-refractivity contribution in [3.05, 3.63) is 54.0 Å². The molecule has 5 nitrogen and oxygen atoms in total. The summed E-state index contributed by atoms with van der Waals surface area (Å²) in [4.78, 5) is 2.44. The van der Waals surface area contributed by atoms with Crippen LogP contribution in [-0.2, 0) is 0 Å². The molecule has 0 saturated carbocycles. The summed E-state index contributed by atoms with van der Waals surface area (Å²) in [5.41, 5.74) is 0.727. The van der Waals surface area contributed by atoms with Crippen LogP contribution in [-0.4, -0.2) is 43.4 Å². The summed E-state index contributed by atoms with van der Waals surface area (Å²) < 4.78 is 30.2. The molecule has 6 heteroatoms. The van der Waals surface area contributed by atoms with Crippen LogP contribution in [0.25, 0.3) is 10.9 Å². The number of methoxy groups -OCH3 is 1. The molecule has 0 spiro atoms. The van der Waals surface area contributed by atoms with Gasteiger partial charge < -0.3 is 18.9 Å². The van der Waals surface area contributed by atoms with Gasteiger partial charge in [-0.25, -0.2) is 4.39 Å². The Morgan fingerprint density at radius 3 is 2.93 bits per heavy atom. The molecule has 0 N–H and O–H groups in total. The van der Waals surface area contributed by atoms with Gasteiger partial charge in [0.25, 0.3) is 0 Å². The summed E-state index contributed by atoms with van der Waals surface area (Å²) in [5, 5.41) is 4.88. The van der Waals surface area contributed by atoms with Gasteiger partial charge in [0.2, 0.25) is 0 Å². The highest BCUT2D eigenvalue weighted by Crippen LogP contribution is 2.33. The number of ether oxygens (including phenoxy) is 2. The molecule has 4 rings (SSSR count). The molecule has 0 bridgehead atoms. The number of aromatic nitrogens is 1. The maximum atomic E-state index is 13.6. The lowest BCUT2D eigenvalue weighted by Gasteiger charge is -2.30. The predicted octanol–water partition coefficient (Wildman–Crippen LogP) is 4.42. The van der Waals surface area contributed by atoms with Crippen molar-refractivity contribution in [3.63, 3.8) is 0 Å². The van der Waals surface area contributed by atoms with Gasteiger partial charge in [-0.05, 0) is 68.8 Å². The van der Waals surface area contributed by atoms with E-state index in [4.69, 9.17) is 14.0 Å². The van der Waals surface area contributed by atoms with Crippen molar-refractivity contribution >= 4 is 10.9 Å².